The molecule has 10 heteroatoms. The van der Waals surface area contributed by atoms with Gasteiger partial charge in [-0.15, -0.1) is 24.8 Å². The highest BCUT2D eigenvalue weighted by atomic mass is 35.5. The molecule has 2 fully saturated rings. The highest BCUT2D eigenvalue weighted by Crippen LogP contribution is 2.20. The Bertz CT molecular complexity index is 618. The molecule has 2 amide bonds. The molecule has 2 saturated heterocycles. The van der Waals surface area contributed by atoms with Crippen molar-refractivity contribution in [1.29, 1.82) is 0 Å². The molecule has 3 rings (SSSR count). The van der Waals surface area contributed by atoms with Gasteiger partial charge >= 0.3 is 0 Å². The molecular formula is C18H28Cl3N5O2. The van der Waals surface area contributed by atoms with Gasteiger partial charge in [-0.1, -0.05) is 11.6 Å². The number of anilines is 1. The number of aromatic nitrogens is 1. The molecule has 7 nitrogen and oxygen atoms in total. The zero-order valence-electron chi connectivity index (χ0n) is 15.7. The van der Waals surface area contributed by atoms with Crippen LogP contribution in [0.2, 0.25) is 5.02 Å². The van der Waals surface area contributed by atoms with E-state index >= 15 is 0 Å². The van der Waals surface area contributed by atoms with Gasteiger partial charge in [0.1, 0.15) is 5.82 Å². The summed E-state index contributed by atoms with van der Waals surface area (Å²) in [6.45, 7) is 5.85. The smallest absolute Gasteiger partial charge is 0.228 e. The number of hydrogen-bond donors (Lipinski definition) is 2. The quantitative estimate of drug-likeness (QED) is 0.715. The molecule has 0 aromatic carbocycles. The first-order valence-electron chi connectivity index (χ1n) is 9.25. The normalized spacial score (nSPS) is 18.0. The Balaban J connectivity index is 0.00000196. The van der Waals surface area contributed by atoms with Crippen LogP contribution in [0, 0.1) is 5.92 Å². The topological polar surface area (TPSA) is 77.6 Å². The summed E-state index contributed by atoms with van der Waals surface area (Å²) in [7, 11) is 0. The van der Waals surface area contributed by atoms with Crippen LogP contribution < -0.4 is 10.6 Å². The zero-order valence-corrected chi connectivity index (χ0v) is 18.1. The number of rotatable bonds is 5. The Morgan fingerprint density at radius 3 is 2.43 bits per heavy atom. The predicted octanol–water partition coefficient (Wildman–Crippen LogP) is 2.05. The second-order valence-electron chi connectivity index (χ2n) is 6.85. The molecule has 28 heavy (non-hydrogen) atoms. The minimum atomic E-state index is -0.00685. The van der Waals surface area contributed by atoms with Crippen molar-refractivity contribution < 1.29 is 9.59 Å². The number of amides is 2. The summed E-state index contributed by atoms with van der Waals surface area (Å²) in [6, 6.07) is 3.42. The van der Waals surface area contributed by atoms with Crippen molar-refractivity contribution in [3.63, 3.8) is 0 Å². The summed E-state index contributed by atoms with van der Waals surface area (Å²) in [5, 5.41) is 6.66. The lowest BCUT2D eigenvalue weighted by molar-refractivity contribution is -0.132. The van der Waals surface area contributed by atoms with Gasteiger partial charge in [0.25, 0.3) is 0 Å². The first-order chi connectivity index (χ1) is 12.6. The number of likely N-dealkylation sites (tertiary alicyclic amines) is 1. The number of nitrogens with zero attached hydrogens (tertiary/aromatic N) is 3. The Kier molecular flexibility index (Phi) is 11.1. The average molecular weight is 453 g/mol. The summed E-state index contributed by atoms with van der Waals surface area (Å²) in [5.74, 6) is 0.771. The van der Waals surface area contributed by atoms with Crippen LogP contribution in [-0.4, -0.2) is 72.4 Å². The largest absolute Gasteiger partial charge is 0.340 e. The van der Waals surface area contributed by atoms with Crippen LogP contribution in [0.5, 0.6) is 0 Å². The van der Waals surface area contributed by atoms with Gasteiger partial charge in [0, 0.05) is 51.3 Å². The van der Waals surface area contributed by atoms with Crippen molar-refractivity contribution >= 4 is 54.0 Å². The van der Waals surface area contributed by atoms with Gasteiger partial charge < -0.3 is 20.4 Å². The van der Waals surface area contributed by atoms with Gasteiger partial charge in [-0.3, -0.25) is 9.59 Å². The van der Waals surface area contributed by atoms with Crippen molar-refractivity contribution in [3.05, 3.63) is 23.4 Å². The number of piperazine rings is 1. The predicted molar refractivity (Wildman–Crippen MR) is 116 cm³/mol. The number of pyridine rings is 1. The fourth-order valence-electron chi connectivity index (χ4n) is 3.42. The molecule has 0 saturated carbocycles. The lowest BCUT2D eigenvalue weighted by Gasteiger charge is -2.32. The van der Waals surface area contributed by atoms with E-state index in [1.165, 1.54) is 6.20 Å². The van der Waals surface area contributed by atoms with Gasteiger partial charge in [0.2, 0.25) is 11.8 Å². The van der Waals surface area contributed by atoms with E-state index in [0.717, 1.165) is 58.7 Å². The molecule has 0 bridgehead atoms. The van der Waals surface area contributed by atoms with E-state index in [4.69, 9.17) is 11.6 Å². The Morgan fingerprint density at radius 1 is 1.14 bits per heavy atom. The monoisotopic (exact) mass is 451 g/mol. The first kappa shape index (κ1) is 24.9. The molecule has 0 atom stereocenters. The molecule has 2 aliphatic heterocycles. The fourth-order valence-corrected chi connectivity index (χ4v) is 3.53. The van der Waals surface area contributed by atoms with Crippen molar-refractivity contribution in [2.24, 2.45) is 5.92 Å². The summed E-state index contributed by atoms with van der Waals surface area (Å²) < 4.78 is 0. The van der Waals surface area contributed by atoms with Crippen LogP contribution in [0.1, 0.15) is 19.3 Å². The molecule has 1 aromatic rings. The molecule has 1 aromatic heterocycles. The third-order valence-corrected chi connectivity index (χ3v) is 5.27. The maximum Gasteiger partial charge on any atom is 0.228 e. The summed E-state index contributed by atoms with van der Waals surface area (Å²) in [5.41, 5.74) is 0. The van der Waals surface area contributed by atoms with Crippen LogP contribution in [0.15, 0.2) is 18.3 Å². The molecule has 2 N–H and O–H groups in total. The van der Waals surface area contributed by atoms with E-state index < -0.39 is 0 Å². The molecular weight excluding hydrogens is 425 g/mol. The van der Waals surface area contributed by atoms with E-state index in [2.05, 4.69) is 20.5 Å². The lowest BCUT2D eigenvalue weighted by Crippen LogP contribution is -2.47. The van der Waals surface area contributed by atoms with Gasteiger partial charge in [-0.25, -0.2) is 4.98 Å². The van der Waals surface area contributed by atoms with Crippen molar-refractivity contribution in [2.45, 2.75) is 19.3 Å². The van der Waals surface area contributed by atoms with E-state index in [-0.39, 0.29) is 42.5 Å². The van der Waals surface area contributed by atoms with E-state index in [1.54, 1.807) is 12.1 Å². The standard InChI is InChI=1S/C18H26ClN5O2.2ClH/c19-15-1-2-16(21-13-15)22-18(26)14-3-8-23(9-4-14)10-5-17(25)24-11-6-20-7-12-24;;/h1-2,13-14,20H,3-12H2,(H,21,22,26);2*1H. The highest BCUT2D eigenvalue weighted by molar-refractivity contribution is 6.30. The highest BCUT2D eigenvalue weighted by Gasteiger charge is 2.26. The first-order valence-corrected chi connectivity index (χ1v) is 9.63. The van der Waals surface area contributed by atoms with Crippen LogP contribution in [0.4, 0.5) is 5.82 Å². The maximum atomic E-state index is 12.4. The SMILES string of the molecule is Cl.Cl.O=C(Nc1ccc(Cl)cn1)C1CCN(CCC(=O)N2CCNCC2)CC1. The summed E-state index contributed by atoms with van der Waals surface area (Å²) in [4.78, 5) is 32.9. The number of halogens is 3. The maximum absolute atomic E-state index is 12.4. The molecule has 0 radical (unpaired) electrons. The van der Waals surface area contributed by atoms with Crippen LogP contribution in [0.3, 0.4) is 0 Å². The molecule has 0 spiro atoms. The Morgan fingerprint density at radius 2 is 1.82 bits per heavy atom. The average Bonchev–Trinajstić information content (AvgIpc) is 2.69. The molecule has 0 unspecified atom stereocenters. The number of nitrogens with one attached hydrogen (secondary N) is 2. The van der Waals surface area contributed by atoms with Gasteiger partial charge in [-0.05, 0) is 38.1 Å². The summed E-state index contributed by atoms with van der Waals surface area (Å²) >= 11 is 5.80. The Hall–Kier alpha value is -1.12. The molecule has 2 aliphatic rings. The van der Waals surface area contributed by atoms with Gasteiger partial charge in [0.15, 0.2) is 0 Å². The van der Waals surface area contributed by atoms with Crippen LogP contribution in [-0.2, 0) is 9.59 Å². The Labute approximate surface area is 183 Å². The number of carbonyl (C=O) groups is 2. The lowest BCUT2D eigenvalue weighted by atomic mass is 9.96. The van der Waals surface area contributed by atoms with Gasteiger partial charge in [-0.2, -0.15) is 0 Å². The van der Waals surface area contributed by atoms with Crippen molar-refractivity contribution in [3.8, 4) is 0 Å². The molecule has 0 aliphatic carbocycles. The third kappa shape index (κ3) is 7.37. The minimum absolute atomic E-state index is 0. The van der Waals surface area contributed by atoms with Crippen molar-refractivity contribution in [2.75, 3.05) is 51.1 Å². The third-order valence-electron chi connectivity index (χ3n) is 5.05. The second-order valence-corrected chi connectivity index (χ2v) is 7.28. The fraction of sp³-hybridized carbons (Fsp3) is 0.611. The zero-order chi connectivity index (χ0) is 18.4. The molecule has 3 heterocycles. The number of piperidine rings is 1. The van der Waals surface area contributed by atoms with Crippen molar-refractivity contribution in [1.82, 2.24) is 20.1 Å². The summed E-state index contributed by atoms with van der Waals surface area (Å²) in [6.07, 6.45) is 3.70. The van der Waals surface area contributed by atoms with Crippen LogP contribution in [0.25, 0.3) is 0 Å². The number of hydrogen-bond acceptors (Lipinski definition) is 5. The molecule has 158 valence electrons. The van der Waals surface area contributed by atoms with Crippen LogP contribution >= 0.6 is 36.4 Å². The minimum Gasteiger partial charge on any atom is -0.340 e. The van der Waals surface area contributed by atoms with Gasteiger partial charge in [0.05, 0.1) is 5.02 Å². The second kappa shape index (κ2) is 12.4. The number of carbonyl (C=O) groups excluding carboxylic acids is 2. The van der Waals surface area contributed by atoms with E-state index in [9.17, 15) is 9.59 Å². The van der Waals surface area contributed by atoms with E-state index in [0.29, 0.717) is 17.3 Å². The van der Waals surface area contributed by atoms with E-state index in [1.807, 2.05) is 4.90 Å².